The molecule has 3 fully saturated rings. The fourth-order valence-corrected chi connectivity index (χ4v) is 5.02. The highest BCUT2D eigenvalue weighted by molar-refractivity contribution is 5.73. The number of aliphatic hydroxyl groups excluding tert-OH is 1. The Bertz CT molecular complexity index is 836. The van der Waals surface area contributed by atoms with E-state index in [2.05, 4.69) is 24.3 Å². The maximum Gasteiger partial charge on any atom is 0.311 e. The zero-order valence-electron chi connectivity index (χ0n) is 20.1. The van der Waals surface area contributed by atoms with E-state index in [0.29, 0.717) is 19.4 Å². The molecule has 188 valence electrons. The van der Waals surface area contributed by atoms with E-state index < -0.39 is 48.2 Å². The van der Waals surface area contributed by atoms with Gasteiger partial charge in [-0.2, -0.15) is 0 Å². The molecule has 34 heavy (non-hydrogen) atoms. The average molecular weight is 477 g/mol. The maximum atomic E-state index is 12.6. The highest BCUT2D eigenvalue weighted by Crippen LogP contribution is 2.49. The van der Waals surface area contributed by atoms with Gasteiger partial charge in [0, 0.05) is 18.3 Å². The smallest absolute Gasteiger partial charge is 0.311 e. The van der Waals surface area contributed by atoms with Crippen LogP contribution >= 0.6 is 0 Å². The summed E-state index contributed by atoms with van der Waals surface area (Å²) in [4.78, 5) is 25.0. The summed E-state index contributed by atoms with van der Waals surface area (Å²) >= 11 is 0. The molecule has 3 saturated heterocycles. The lowest BCUT2D eigenvalue weighted by atomic mass is 9.77. The molecule has 0 aliphatic carbocycles. The monoisotopic (exact) mass is 476 g/mol. The lowest BCUT2D eigenvalue weighted by Crippen LogP contribution is -2.63. The maximum absolute atomic E-state index is 12.6. The Morgan fingerprint density at radius 2 is 1.74 bits per heavy atom. The minimum Gasteiger partial charge on any atom is -0.462 e. The summed E-state index contributed by atoms with van der Waals surface area (Å²) in [5.41, 5.74) is 0.797. The molecule has 3 heterocycles. The molecule has 3 aliphatic heterocycles. The van der Waals surface area contributed by atoms with Gasteiger partial charge in [0.1, 0.15) is 12.2 Å². The molecule has 8 heteroatoms. The van der Waals surface area contributed by atoms with E-state index in [4.69, 9.17) is 23.7 Å². The first-order valence-corrected chi connectivity index (χ1v) is 12.3. The van der Waals surface area contributed by atoms with Gasteiger partial charge >= 0.3 is 11.9 Å². The van der Waals surface area contributed by atoms with Gasteiger partial charge in [0.25, 0.3) is 0 Å². The Hall–Kier alpha value is -2.00. The van der Waals surface area contributed by atoms with Crippen LogP contribution in [0, 0.1) is 5.41 Å². The van der Waals surface area contributed by atoms with Gasteiger partial charge in [-0.3, -0.25) is 9.59 Å². The quantitative estimate of drug-likeness (QED) is 0.493. The first-order valence-electron chi connectivity index (χ1n) is 12.3. The average Bonchev–Trinajstić information content (AvgIpc) is 2.79. The number of carbonyl (C=O) groups is 2. The number of hydrogen-bond donors (Lipinski definition) is 1. The molecule has 4 rings (SSSR count). The molecular weight excluding hydrogens is 440 g/mol. The van der Waals surface area contributed by atoms with Crippen molar-refractivity contribution in [2.45, 2.75) is 95.6 Å². The molecule has 1 aromatic rings. The van der Waals surface area contributed by atoms with Crippen LogP contribution in [-0.4, -0.2) is 60.6 Å². The van der Waals surface area contributed by atoms with Crippen molar-refractivity contribution in [3.8, 4) is 0 Å². The second kappa shape index (κ2) is 10.7. The van der Waals surface area contributed by atoms with Crippen molar-refractivity contribution in [1.29, 1.82) is 0 Å². The number of unbranched alkanes of at least 4 members (excludes halogenated alkanes) is 1. The fraction of sp³-hybridized carbons (Fsp3) is 0.692. The van der Waals surface area contributed by atoms with Crippen LogP contribution < -0.4 is 0 Å². The number of ether oxygens (including phenoxy) is 5. The summed E-state index contributed by atoms with van der Waals surface area (Å²) < 4.78 is 29.8. The molecule has 1 N–H and O–H groups in total. The first-order chi connectivity index (χ1) is 16.3. The van der Waals surface area contributed by atoms with Crippen LogP contribution in [0.25, 0.3) is 0 Å². The lowest BCUT2D eigenvalue weighted by molar-refractivity contribution is -0.422. The topological polar surface area (TPSA) is 101 Å². The van der Waals surface area contributed by atoms with Crippen LogP contribution in [0.4, 0.5) is 0 Å². The van der Waals surface area contributed by atoms with Crippen molar-refractivity contribution in [2.75, 3.05) is 13.2 Å². The molecule has 8 nitrogen and oxygen atoms in total. The van der Waals surface area contributed by atoms with E-state index >= 15 is 0 Å². The summed E-state index contributed by atoms with van der Waals surface area (Å²) in [6, 6.07) is 10.4. The second-order valence-corrected chi connectivity index (χ2v) is 10.2. The Kier molecular flexibility index (Phi) is 7.92. The van der Waals surface area contributed by atoms with Gasteiger partial charge in [0.15, 0.2) is 12.1 Å². The van der Waals surface area contributed by atoms with E-state index in [9.17, 15) is 14.7 Å². The summed E-state index contributed by atoms with van der Waals surface area (Å²) in [6.45, 7) is 3.88. The third kappa shape index (κ3) is 5.97. The largest absolute Gasteiger partial charge is 0.462 e. The van der Waals surface area contributed by atoms with E-state index in [0.717, 1.165) is 25.7 Å². The van der Waals surface area contributed by atoms with Crippen molar-refractivity contribution in [3.63, 3.8) is 0 Å². The fourth-order valence-electron chi connectivity index (χ4n) is 5.02. The summed E-state index contributed by atoms with van der Waals surface area (Å²) in [5, 5.41) is 9.53. The predicted octanol–water partition coefficient (Wildman–Crippen LogP) is 3.28. The molecular formula is C26H36O8. The molecule has 0 amide bonds. The van der Waals surface area contributed by atoms with Crippen LogP contribution in [0.2, 0.25) is 0 Å². The van der Waals surface area contributed by atoms with Crippen molar-refractivity contribution < 1.29 is 38.4 Å². The van der Waals surface area contributed by atoms with E-state index in [-0.39, 0.29) is 18.9 Å². The minimum atomic E-state index is -1.04. The summed E-state index contributed by atoms with van der Waals surface area (Å²) in [7, 11) is 0. The van der Waals surface area contributed by atoms with E-state index in [1.807, 2.05) is 19.9 Å². The van der Waals surface area contributed by atoms with Gasteiger partial charge in [0.2, 0.25) is 0 Å². The lowest BCUT2D eigenvalue weighted by Gasteiger charge is -2.55. The van der Waals surface area contributed by atoms with Gasteiger partial charge in [-0.05, 0) is 24.8 Å². The van der Waals surface area contributed by atoms with Crippen molar-refractivity contribution >= 4 is 11.9 Å². The SMILES string of the molecule is CC1(C)CO[C@H]2CC(=O)O[C@@H](CO)CC(=O)O[C@@H]3C[C@@H](CCCCc4ccccc4)O[C@@]1(C3)O2. The number of cyclic esters (lactones) is 1. The number of aliphatic hydroxyl groups is 1. The molecule has 3 bridgehead atoms. The van der Waals surface area contributed by atoms with Crippen LogP contribution in [0.1, 0.15) is 64.4 Å². The third-order valence-electron chi connectivity index (χ3n) is 6.97. The minimum absolute atomic E-state index is 0.140. The van der Waals surface area contributed by atoms with Gasteiger partial charge < -0.3 is 28.8 Å². The van der Waals surface area contributed by atoms with Gasteiger partial charge in [-0.1, -0.05) is 50.6 Å². The van der Waals surface area contributed by atoms with E-state index in [1.165, 1.54) is 5.56 Å². The molecule has 0 radical (unpaired) electrons. The molecule has 5 atom stereocenters. The number of aryl methyl sites for hydroxylation is 1. The number of benzene rings is 1. The third-order valence-corrected chi connectivity index (χ3v) is 6.97. The zero-order chi connectivity index (χ0) is 24.2. The molecule has 0 aromatic heterocycles. The molecule has 1 aromatic carbocycles. The van der Waals surface area contributed by atoms with Crippen LogP contribution in [-0.2, 0) is 39.7 Å². The molecule has 1 spiro atoms. The first kappa shape index (κ1) is 25.1. The summed E-state index contributed by atoms with van der Waals surface area (Å²) in [6.07, 6.45) is 2.11. The van der Waals surface area contributed by atoms with Crippen molar-refractivity contribution in [2.24, 2.45) is 5.41 Å². The molecule has 3 aliphatic rings. The predicted molar refractivity (Wildman–Crippen MR) is 122 cm³/mol. The Labute approximate surface area is 200 Å². The normalized spacial score (nSPS) is 33.7. The summed E-state index contributed by atoms with van der Waals surface area (Å²) in [5.74, 6) is -2.14. The second-order valence-electron chi connectivity index (χ2n) is 10.2. The van der Waals surface area contributed by atoms with Gasteiger partial charge in [-0.15, -0.1) is 0 Å². The van der Waals surface area contributed by atoms with Crippen LogP contribution in [0.3, 0.4) is 0 Å². The number of carbonyl (C=O) groups excluding carboxylic acids is 2. The highest BCUT2D eigenvalue weighted by atomic mass is 16.8. The number of fused-ring (bicyclic) bond motifs is 2. The number of esters is 2. The Morgan fingerprint density at radius 3 is 2.50 bits per heavy atom. The van der Waals surface area contributed by atoms with Crippen molar-refractivity contribution in [3.05, 3.63) is 35.9 Å². The zero-order valence-corrected chi connectivity index (χ0v) is 20.1. The van der Waals surface area contributed by atoms with Crippen molar-refractivity contribution in [1.82, 2.24) is 0 Å². The Morgan fingerprint density at radius 1 is 0.971 bits per heavy atom. The highest BCUT2D eigenvalue weighted by Gasteiger charge is 2.58. The molecule has 0 unspecified atom stereocenters. The van der Waals surface area contributed by atoms with Gasteiger partial charge in [-0.25, -0.2) is 0 Å². The standard InChI is InChI=1S/C26H36O8/c1-25(2)17-30-24-14-23(29)32-21(16-27)13-22(28)31-20-12-19(33-26(25,15-20)34-24)11-7-6-10-18-8-4-3-5-9-18/h3-5,8-9,19-21,24,27H,6-7,10-17H2,1-2H3/t19-,20-,21-,24-,26+/m1/s1. The number of hydrogen-bond acceptors (Lipinski definition) is 8. The van der Waals surface area contributed by atoms with Crippen LogP contribution in [0.15, 0.2) is 30.3 Å². The Balaban J connectivity index is 1.49. The molecule has 0 saturated carbocycles. The number of rotatable bonds is 6. The van der Waals surface area contributed by atoms with Gasteiger partial charge in [0.05, 0.1) is 32.2 Å². The van der Waals surface area contributed by atoms with Crippen LogP contribution in [0.5, 0.6) is 0 Å². The van der Waals surface area contributed by atoms with E-state index in [1.54, 1.807) is 0 Å².